The molecule has 3 aliphatic heterocycles. The molecule has 9 N–H and O–H groups in total. The van der Waals surface area contributed by atoms with Crippen molar-refractivity contribution in [2.24, 2.45) is 0 Å². The van der Waals surface area contributed by atoms with E-state index in [0.717, 1.165) is 0 Å². The number of imidazole rings is 2. The van der Waals surface area contributed by atoms with Crippen molar-refractivity contribution in [2.75, 3.05) is 24.7 Å². The van der Waals surface area contributed by atoms with Crippen molar-refractivity contribution >= 4 is 71.1 Å². The summed E-state index contributed by atoms with van der Waals surface area (Å²) < 4.78 is 37.1. The van der Waals surface area contributed by atoms with E-state index < -0.39 is 81.3 Å². The summed E-state index contributed by atoms with van der Waals surface area (Å²) in [4.78, 5) is 56.9. The number of ether oxygens (including phenoxy) is 2. The van der Waals surface area contributed by atoms with Crippen LogP contribution in [0.25, 0.3) is 22.3 Å². The van der Waals surface area contributed by atoms with Crippen molar-refractivity contribution in [1.29, 1.82) is 0 Å². The van der Waals surface area contributed by atoms with Crippen LogP contribution in [0.2, 0.25) is 0 Å². The Balaban J connectivity index is 1.17. The smallest absolute Gasteiger partial charge is 0.325 e. The molecule has 0 bridgehead atoms. The van der Waals surface area contributed by atoms with Gasteiger partial charge in [-0.15, -0.1) is 0 Å². The predicted molar refractivity (Wildman–Crippen MR) is 157 cm³/mol. The summed E-state index contributed by atoms with van der Waals surface area (Å²) in [6.45, 7) is -9.38. The summed E-state index contributed by atoms with van der Waals surface area (Å²) >= 11 is 10.5. The molecule has 7 rings (SSSR count). The Labute approximate surface area is 260 Å². The largest absolute Gasteiger partial charge is 0.386 e. The number of nitrogens with one attached hydrogen (secondary N) is 1. The Morgan fingerprint density at radius 2 is 1.38 bits per heavy atom. The summed E-state index contributed by atoms with van der Waals surface area (Å²) in [6.07, 6.45) is -7.00. The van der Waals surface area contributed by atoms with Gasteiger partial charge in [0.15, 0.2) is 35.1 Å². The van der Waals surface area contributed by atoms with E-state index in [1.165, 1.54) is 28.1 Å². The van der Waals surface area contributed by atoms with E-state index >= 15 is 0 Å². The number of aromatic amines is 1. The molecule has 3 saturated heterocycles. The Morgan fingerprint density at radius 1 is 0.844 bits per heavy atom. The average molecular weight is 707 g/mol. The standard InChI is InChI=1S/C20H24N10O11P2S2/c21-14-8-15(24-3-23-14)29(4-25-8)18-10(31)12-6(38-18)1-36-43(35,45)41-13-7(2-37-42(34,44)40-12)39-19(11(13)32)30-5-26-9-16(30)27-20(22)28-17(9)33/h3-7,10-13,18-19,31-32H,1-2H2,(H,34,44)(H,35,45)(H2,21,23,24)(H3,22,27,28,33)/t6-,7-,10-,11-,12-,13-,18-,19-,42?,43?/m1/s1. The highest BCUT2D eigenvalue weighted by Gasteiger charge is 2.52. The highest BCUT2D eigenvalue weighted by Crippen LogP contribution is 2.54. The van der Waals surface area contributed by atoms with E-state index in [0.29, 0.717) is 0 Å². The molecule has 7 heterocycles. The second-order valence-corrected chi connectivity index (χ2v) is 15.7. The third kappa shape index (κ3) is 5.57. The molecule has 0 aliphatic carbocycles. The van der Waals surface area contributed by atoms with Crippen molar-refractivity contribution < 1.29 is 47.6 Å². The first kappa shape index (κ1) is 31.0. The number of aliphatic hydroxyl groups is 2. The number of rotatable bonds is 2. The molecule has 4 aromatic rings. The van der Waals surface area contributed by atoms with Crippen LogP contribution < -0.4 is 17.0 Å². The lowest BCUT2D eigenvalue weighted by Gasteiger charge is -2.30. The summed E-state index contributed by atoms with van der Waals surface area (Å²) in [7, 11) is 0. The van der Waals surface area contributed by atoms with E-state index in [2.05, 4.69) is 29.9 Å². The minimum Gasteiger partial charge on any atom is -0.386 e. The number of nitrogens with two attached hydrogens (primary N) is 2. The Hall–Kier alpha value is -2.60. The van der Waals surface area contributed by atoms with Gasteiger partial charge in [-0.25, -0.2) is 19.9 Å². The van der Waals surface area contributed by atoms with Gasteiger partial charge in [-0.1, -0.05) is 0 Å². The van der Waals surface area contributed by atoms with Gasteiger partial charge in [0.1, 0.15) is 48.5 Å². The van der Waals surface area contributed by atoms with Crippen molar-refractivity contribution in [3.05, 3.63) is 29.3 Å². The third-order valence-electron chi connectivity index (χ3n) is 7.32. The van der Waals surface area contributed by atoms with E-state index in [1.807, 2.05) is 0 Å². The van der Waals surface area contributed by atoms with Gasteiger partial charge in [0.2, 0.25) is 5.95 Å². The summed E-state index contributed by atoms with van der Waals surface area (Å²) in [5.74, 6) is -0.108. The zero-order valence-electron chi connectivity index (χ0n) is 22.4. The third-order valence-corrected chi connectivity index (χ3v) is 10.4. The molecule has 25 heteroatoms. The first-order chi connectivity index (χ1) is 21.3. The summed E-state index contributed by atoms with van der Waals surface area (Å²) in [6, 6.07) is 0. The second-order valence-electron chi connectivity index (χ2n) is 10.1. The number of H-pyrrole nitrogens is 1. The van der Waals surface area contributed by atoms with Crippen molar-refractivity contribution in [3.8, 4) is 0 Å². The number of fused-ring (bicyclic) bond motifs is 4. The minimum absolute atomic E-state index is 0.0119. The summed E-state index contributed by atoms with van der Waals surface area (Å²) in [5, 5.41) is 22.5. The zero-order valence-corrected chi connectivity index (χ0v) is 25.8. The van der Waals surface area contributed by atoms with Crippen molar-refractivity contribution in [2.45, 2.75) is 49.1 Å². The molecule has 45 heavy (non-hydrogen) atoms. The molecule has 2 unspecified atom stereocenters. The van der Waals surface area contributed by atoms with Crippen LogP contribution in [0, 0.1) is 0 Å². The van der Waals surface area contributed by atoms with Gasteiger partial charge in [-0.2, -0.15) is 4.98 Å². The van der Waals surface area contributed by atoms with Gasteiger partial charge in [0.25, 0.3) is 5.56 Å². The van der Waals surface area contributed by atoms with E-state index in [1.54, 1.807) is 0 Å². The lowest BCUT2D eigenvalue weighted by Crippen LogP contribution is -2.39. The fourth-order valence-corrected chi connectivity index (χ4v) is 8.21. The SMILES string of the molecule is Nc1nc2c(ncn2[C@@H]2O[C@@H]3COP(O)(=S)O[C@H]4[C@@H](O)[C@H](n5cnc6c(N)ncnc65)O[C@@H]4COP(O)(=S)O[C@H]3[C@H]2O)c(=O)[nH]1. The molecule has 4 aromatic heterocycles. The Bertz CT molecular complexity index is 1940. The van der Waals surface area contributed by atoms with Crippen LogP contribution in [0.4, 0.5) is 11.8 Å². The maximum absolute atomic E-state index is 12.3. The number of nitrogen functional groups attached to an aromatic ring is 2. The van der Waals surface area contributed by atoms with Gasteiger partial charge in [0, 0.05) is 0 Å². The van der Waals surface area contributed by atoms with Crippen molar-refractivity contribution in [3.63, 3.8) is 0 Å². The molecule has 3 fully saturated rings. The molecule has 3 aliphatic rings. The highest BCUT2D eigenvalue weighted by atomic mass is 32.5. The van der Waals surface area contributed by atoms with Gasteiger partial charge in [0.05, 0.1) is 25.9 Å². The Kier molecular flexibility index (Phi) is 7.78. The number of hydrogen-bond donors (Lipinski definition) is 7. The molecule has 242 valence electrons. The van der Waals surface area contributed by atoms with Crippen LogP contribution in [-0.4, -0.2) is 109 Å². The number of anilines is 2. The first-order valence-electron chi connectivity index (χ1n) is 13.0. The molecular formula is C20H24N10O11P2S2. The monoisotopic (exact) mass is 706 g/mol. The fraction of sp³-hybridized carbons (Fsp3) is 0.500. The minimum atomic E-state index is -4.17. The zero-order chi connectivity index (χ0) is 31.8. The van der Waals surface area contributed by atoms with Crippen LogP contribution in [0.3, 0.4) is 0 Å². The number of aliphatic hydroxyl groups excluding tert-OH is 2. The topological polar surface area (TPSA) is 296 Å². The Morgan fingerprint density at radius 3 is 1.96 bits per heavy atom. The molecule has 0 aromatic carbocycles. The number of nitrogens with zero attached hydrogens (tertiary/aromatic N) is 7. The average Bonchev–Trinajstić information content (AvgIpc) is 3.72. The quantitative estimate of drug-likeness (QED) is 0.110. The van der Waals surface area contributed by atoms with Crippen LogP contribution in [0.1, 0.15) is 12.5 Å². The molecule has 0 saturated carbocycles. The normalized spacial score (nSPS) is 37.7. The molecule has 21 nitrogen and oxygen atoms in total. The lowest BCUT2D eigenvalue weighted by atomic mass is 10.1. The van der Waals surface area contributed by atoms with E-state index in [9.17, 15) is 24.8 Å². The lowest BCUT2D eigenvalue weighted by molar-refractivity contribution is -0.0593. The van der Waals surface area contributed by atoms with Crippen LogP contribution in [0.15, 0.2) is 23.8 Å². The van der Waals surface area contributed by atoms with Crippen LogP contribution in [-0.2, 0) is 51.2 Å². The first-order valence-corrected chi connectivity index (χ1v) is 18.1. The maximum Gasteiger partial charge on any atom is 0.325 e. The molecule has 0 amide bonds. The van der Waals surface area contributed by atoms with Crippen LogP contribution >= 0.6 is 13.4 Å². The van der Waals surface area contributed by atoms with Gasteiger partial charge in [-0.3, -0.25) is 28.0 Å². The maximum atomic E-state index is 12.3. The predicted octanol–water partition coefficient (Wildman–Crippen LogP) is -2.11. The molecule has 0 radical (unpaired) electrons. The molecule has 10 atom stereocenters. The van der Waals surface area contributed by atoms with Crippen LogP contribution in [0.5, 0.6) is 0 Å². The molecule has 0 spiro atoms. The van der Waals surface area contributed by atoms with Gasteiger partial charge in [-0.05, 0) is 23.6 Å². The highest BCUT2D eigenvalue weighted by molar-refractivity contribution is 8.07. The summed E-state index contributed by atoms with van der Waals surface area (Å²) in [5.41, 5.74) is 11.3. The number of aromatic nitrogens is 8. The van der Waals surface area contributed by atoms with Gasteiger partial charge < -0.3 is 50.0 Å². The van der Waals surface area contributed by atoms with E-state index in [4.69, 9.17) is 62.6 Å². The van der Waals surface area contributed by atoms with Crippen molar-refractivity contribution in [1.82, 2.24) is 39.0 Å². The van der Waals surface area contributed by atoms with Gasteiger partial charge >= 0.3 is 13.4 Å². The fourth-order valence-electron chi connectivity index (χ4n) is 5.32. The number of hydrogen-bond acceptors (Lipinski definition) is 18. The molecular weight excluding hydrogens is 682 g/mol. The second kappa shape index (κ2) is 11.3. The van der Waals surface area contributed by atoms with E-state index in [-0.39, 0.29) is 34.1 Å².